The van der Waals surface area contributed by atoms with Crippen molar-refractivity contribution in [1.29, 1.82) is 0 Å². The number of rotatable bonds is 4. The van der Waals surface area contributed by atoms with Gasteiger partial charge >= 0.3 is 0 Å². The second-order valence-electron chi connectivity index (χ2n) is 5.25. The van der Waals surface area contributed by atoms with Crippen molar-refractivity contribution in [3.05, 3.63) is 34.9 Å². The normalized spacial score (nSPS) is 14.9. The van der Waals surface area contributed by atoms with Crippen LogP contribution in [0.15, 0.2) is 12.4 Å². The molecule has 2 heterocycles. The maximum absolute atomic E-state index is 4.47. The topological polar surface area (TPSA) is 55.6 Å². The Balaban J connectivity index is 1.78. The summed E-state index contributed by atoms with van der Waals surface area (Å²) in [5.74, 6) is 0.642. The predicted octanol–water partition coefficient (Wildman–Crippen LogP) is 1.84. The van der Waals surface area contributed by atoms with Crippen LogP contribution in [-0.4, -0.2) is 25.8 Å². The highest BCUT2D eigenvalue weighted by Crippen LogP contribution is 2.19. The van der Waals surface area contributed by atoms with Crippen LogP contribution < -0.4 is 5.32 Å². The molecule has 19 heavy (non-hydrogen) atoms. The maximum Gasteiger partial charge on any atom is 0.250 e. The Bertz CT molecular complexity index is 581. The molecule has 2 aromatic rings. The molecule has 0 saturated heterocycles. The van der Waals surface area contributed by atoms with Gasteiger partial charge in [0.05, 0.1) is 5.69 Å². The van der Waals surface area contributed by atoms with E-state index in [2.05, 4.69) is 27.3 Å². The second kappa shape index (κ2) is 4.74. The van der Waals surface area contributed by atoms with E-state index < -0.39 is 0 Å². The van der Waals surface area contributed by atoms with Crippen molar-refractivity contribution in [2.45, 2.75) is 46.2 Å². The molecule has 5 heteroatoms. The molecule has 1 aliphatic carbocycles. The molecule has 0 unspecified atom stereocenters. The van der Waals surface area contributed by atoms with Crippen molar-refractivity contribution < 1.29 is 0 Å². The standard InChI is InChI=1S/C14H19N5/c1-9-10(2)18-19(11(9)3)14-16-7-12(8-17-14)6-15-13-4-5-13/h7-8,13,15H,4-6H2,1-3H3. The van der Waals surface area contributed by atoms with Crippen LogP contribution in [0, 0.1) is 20.8 Å². The van der Waals surface area contributed by atoms with Gasteiger partial charge in [-0.15, -0.1) is 0 Å². The first-order valence-corrected chi connectivity index (χ1v) is 6.72. The van der Waals surface area contributed by atoms with Crippen LogP contribution >= 0.6 is 0 Å². The Labute approximate surface area is 113 Å². The first kappa shape index (κ1) is 12.3. The van der Waals surface area contributed by atoms with Crippen molar-refractivity contribution >= 4 is 0 Å². The van der Waals surface area contributed by atoms with Crippen LogP contribution in [0.2, 0.25) is 0 Å². The van der Waals surface area contributed by atoms with Crippen LogP contribution in [0.5, 0.6) is 0 Å². The van der Waals surface area contributed by atoms with E-state index in [0.29, 0.717) is 12.0 Å². The molecule has 0 aliphatic heterocycles. The molecule has 0 bridgehead atoms. The summed E-state index contributed by atoms with van der Waals surface area (Å²) in [5, 5.41) is 7.92. The molecule has 0 atom stereocenters. The van der Waals surface area contributed by atoms with E-state index >= 15 is 0 Å². The molecule has 1 fully saturated rings. The van der Waals surface area contributed by atoms with Crippen molar-refractivity contribution in [2.24, 2.45) is 0 Å². The van der Waals surface area contributed by atoms with Crippen LogP contribution in [0.25, 0.3) is 5.95 Å². The minimum absolute atomic E-state index is 0.642. The van der Waals surface area contributed by atoms with E-state index in [1.54, 1.807) is 0 Å². The Morgan fingerprint density at radius 1 is 1.21 bits per heavy atom. The van der Waals surface area contributed by atoms with Crippen molar-refractivity contribution in [2.75, 3.05) is 0 Å². The van der Waals surface area contributed by atoms with Crippen LogP contribution in [0.1, 0.15) is 35.4 Å². The second-order valence-corrected chi connectivity index (χ2v) is 5.25. The highest BCUT2D eigenvalue weighted by Gasteiger charge is 2.20. The molecule has 0 spiro atoms. The summed E-state index contributed by atoms with van der Waals surface area (Å²) in [5.41, 5.74) is 4.44. The number of hydrogen-bond acceptors (Lipinski definition) is 4. The molecule has 1 N–H and O–H groups in total. The third-order valence-electron chi connectivity index (χ3n) is 3.71. The Kier molecular flexibility index (Phi) is 3.06. The van der Waals surface area contributed by atoms with Crippen molar-refractivity contribution in [3.8, 4) is 5.95 Å². The zero-order valence-corrected chi connectivity index (χ0v) is 11.6. The van der Waals surface area contributed by atoms with Crippen LogP contribution in [0.4, 0.5) is 0 Å². The summed E-state index contributed by atoms with van der Waals surface area (Å²) in [7, 11) is 0. The van der Waals surface area contributed by atoms with E-state index in [9.17, 15) is 0 Å². The zero-order chi connectivity index (χ0) is 13.4. The largest absolute Gasteiger partial charge is 0.310 e. The lowest BCUT2D eigenvalue weighted by Crippen LogP contribution is -2.16. The van der Waals surface area contributed by atoms with E-state index in [-0.39, 0.29) is 0 Å². The summed E-state index contributed by atoms with van der Waals surface area (Å²) >= 11 is 0. The van der Waals surface area contributed by atoms with Gasteiger partial charge in [0.1, 0.15) is 0 Å². The van der Waals surface area contributed by atoms with Gasteiger partial charge in [0.2, 0.25) is 0 Å². The fraction of sp³-hybridized carbons (Fsp3) is 0.500. The van der Waals surface area contributed by atoms with E-state index in [4.69, 9.17) is 0 Å². The van der Waals surface area contributed by atoms with Gasteiger partial charge in [0, 0.05) is 36.2 Å². The van der Waals surface area contributed by atoms with Crippen LogP contribution in [-0.2, 0) is 6.54 Å². The van der Waals surface area contributed by atoms with Gasteiger partial charge in [-0.25, -0.2) is 14.6 Å². The summed E-state index contributed by atoms with van der Waals surface area (Å²) in [6.45, 7) is 6.97. The molecule has 1 saturated carbocycles. The highest BCUT2D eigenvalue weighted by molar-refractivity contribution is 5.28. The molecule has 2 aromatic heterocycles. The fourth-order valence-electron chi connectivity index (χ4n) is 2.01. The lowest BCUT2D eigenvalue weighted by atomic mass is 10.2. The molecule has 3 rings (SSSR count). The molecule has 5 nitrogen and oxygen atoms in total. The summed E-state index contributed by atoms with van der Waals surface area (Å²) in [4.78, 5) is 8.82. The summed E-state index contributed by atoms with van der Waals surface area (Å²) in [6.07, 6.45) is 6.35. The average molecular weight is 257 g/mol. The summed E-state index contributed by atoms with van der Waals surface area (Å²) in [6, 6.07) is 0.707. The third kappa shape index (κ3) is 2.51. The number of aryl methyl sites for hydroxylation is 1. The molecule has 100 valence electrons. The number of hydrogen-bond donors (Lipinski definition) is 1. The van der Waals surface area contributed by atoms with Gasteiger partial charge in [0.25, 0.3) is 5.95 Å². The lowest BCUT2D eigenvalue weighted by molar-refractivity contribution is 0.679. The predicted molar refractivity (Wildman–Crippen MR) is 73.2 cm³/mol. The molecule has 0 amide bonds. The van der Waals surface area contributed by atoms with E-state index in [1.165, 1.54) is 18.4 Å². The lowest BCUT2D eigenvalue weighted by Gasteiger charge is -2.05. The fourth-order valence-corrected chi connectivity index (χ4v) is 2.01. The number of nitrogens with zero attached hydrogens (tertiary/aromatic N) is 4. The smallest absolute Gasteiger partial charge is 0.250 e. The number of nitrogens with one attached hydrogen (secondary N) is 1. The summed E-state index contributed by atoms with van der Waals surface area (Å²) < 4.78 is 1.81. The highest BCUT2D eigenvalue weighted by atomic mass is 15.4. The van der Waals surface area contributed by atoms with Gasteiger partial charge in [-0.1, -0.05) is 0 Å². The van der Waals surface area contributed by atoms with E-state index in [1.807, 2.05) is 30.9 Å². The Hall–Kier alpha value is -1.75. The molecule has 0 aromatic carbocycles. The molecule has 1 aliphatic rings. The molecular formula is C14H19N5. The van der Waals surface area contributed by atoms with Crippen LogP contribution in [0.3, 0.4) is 0 Å². The van der Waals surface area contributed by atoms with Gasteiger partial charge in [-0.2, -0.15) is 5.10 Å². The van der Waals surface area contributed by atoms with Gasteiger partial charge in [-0.05, 0) is 39.2 Å². The molecule has 0 radical (unpaired) electrons. The maximum atomic E-state index is 4.47. The quantitative estimate of drug-likeness (QED) is 0.908. The Morgan fingerprint density at radius 2 is 1.89 bits per heavy atom. The Morgan fingerprint density at radius 3 is 2.42 bits per heavy atom. The molecular weight excluding hydrogens is 238 g/mol. The van der Waals surface area contributed by atoms with Gasteiger partial charge < -0.3 is 5.32 Å². The van der Waals surface area contributed by atoms with Gasteiger partial charge in [-0.3, -0.25) is 0 Å². The third-order valence-corrected chi connectivity index (χ3v) is 3.71. The first-order chi connectivity index (χ1) is 9.15. The first-order valence-electron chi connectivity index (χ1n) is 6.72. The van der Waals surface area contributed by atoms with E-state index in [0.717, 1.165) is 23.5 Å². The monoisotopic (exact) mass is 257 g/mol. The van der Waals surface area contributed by atoms with Crippen molar-refractivity contribution in [3.63, 3.8) is 0 Å². The van der Waals surface area contributed by atoms with Crippen molar-refractivity contribution in [1.82, 2.24) is 25.1 Å². The number of aromatic nitrogens is 4. The minimum atomic E-state index is 0.642. The van der Waals surface area contributed by atoms with Gasteiger partial charge in [0.15, 0.2) is 0 Å². The zero-order valence-electron chi connectivity index (χ0n) is 11.6. The average Bonchev–Trinajstić information content (AvgIpc) is 3.21. The minimum Gasteiger partial charge on any atom is -0.310 e. The SMILES string of the molecule is Cc1nn(-c2ncc(CNC3CC3)cn2)c(C)c1C.